The maximum Gasteiger partial charge on any atom is 0.0697 e. The molecule has 0 radical (unpaired) electrons. The molecule has 3 nitrogen and oxygen atoms in total. The van der Waals surface area contributed by atoms with Gasteiger partial charge in [0.25, 0.3) is 0 Å². The largest absolute Gasteiger partial charge is 0.375 e. The molecule has 1 atom stereocenters. The highest BCUT2D eigenvalue weighted by atomic mass is 16.5. The molecule has 1 heterocycles. The number of hydrogen-bond acceptors (Lipinski definition) is 3. The lowest BCUT2D eigenvalue weighted by Gasteiger charge is -2.38. The average molecular weight is 212 g/mol. The molecule has 0 aromatic carbocycles. The molecular formula is C12H24N2O. The van der Waals surface area contributed by atoms with Crippen molar-refractivity contribution < 1.29 is 4.74 Å². The maximum absolute atomic E-state index is 6.00. The molecule has 88 valence electrons. The zero-order valence-electron chi connectivity index (χ0n) is 9.63. The number of hydrogen-bond donors (Lipinski definition) is 2. The summed E-state index contributed by atoms with van der Waals surface area (Å²) in [4.78, 5) is 0. The van der Waals surface area contributed by atoms with Gasteiger partial charge in [0.15, 0.2) is 0 Å². The summed E-state index contributed by atoms with van der Waals surface area (Å²) in [6.07, 6.45) is 8.75. The van der Waals surface area contributed by atoms with Crippen molar-refractivity contribution in [3.8, 4) is 0 Å². The molecular weight excluding hydrogens is 188 g/mol. The third kappa shape index (κ3) is 2.92. The first-order chi connectivity index (χ1) is 7.35. The Morgan fingerprint density at radius 3 is 2.87 bits per heavy atom. The van der Waals surface area contributed by atoms with E-state index in [-0.39, 0.29) is 5.60 Å². The van der Waals surface area contributed by atoms with Gasteiger partial charge in [0, 0.05) is 12.6 Å². The van der Waals surface area contributed by atoms with Crippen LogP contribution in [0.5, 0.6) is 0 Å². The molecule has 1 spiro atoms. The van der Waals surface area contributed by atoms with Crippen LogP contribution in [-0.4, -0.2) is 31.3 Å². The molecule has 1 saturated carbocycles. The Labute approximate surface area is 92.7 Å². The highest BCUT2D eigenvalue weighted by molar-refractivity contribution is 4.93. The molecule has 1 aliphatic carbocycles. The van der Waals surface area contributed by atoms with Gasteiger partial charge in [-0.2, -0.15) is 0 Å². The van der Waals surface area contributed by atoms with Gasteiger partial charge in [0.2, 0.25) is 0 Å². The van der Waals surface area contributed by atoms with Gasteiger partial charge in [-0.15, -0.1) is 0 Å². The van der Waals surface area contributed by atoms with Crippen LogP contribution in [0, 0.1) is 0 Å². The van der Waals surface area contributed by atoms with Crippen LogP contribution in [0.3, 0.4) is 0 Å². The molecule has 1 saturated heterocycles. The van der Waals surface area contributed by atoms with Crippen LogP contribution in [0.1, 0.15) is 44.9 Å². The highest BCUT2D eigenvalue weighted by Gasteiger charge is 2.39. The van der Waals surface area contributed by atoms with Gasteiger partial charge < -0.3 is 15.8 Å². The fraction of sp³-hybridized carbons (Fsp3) is 1.00. The molecule has 3 heteroatoms. The third-order valence-corrected chi connectivity index (χ3v) is 3.82. The predicted octanol–water partition coefficient (Wildman–Crippen LogP) is 1.42. The normalized spacial score (nSPS) is 29.8. The standard InChI is InChI=1S/C12H24N2O/c13-7-3-8-14-11-4-9-15-12(10-11)5-1-2-6-12/h11,14H,1-10,13H2. The van der Waals surface area contributed by atoms with Crippen LogP contribution < -0.4 is 11.1 Å². The van der Waals surface area contributed by atoms with Gasteiger partial charge in [-0.05, 0) is 45.2 Å². The van der Waals surface area contributed by atoms with E-state index in [4.69, 9.17) is 10.5 Å². The molecule has 3 N–H and O–H groups in total. The van der Waals surface area contributed by atoms with E-state index in [1.54, 1.807) is 0 Å². The summed E-state index contributed by atoms with van der Waals surface area (Å²) >= 11 is 0. The first kappa shape index (κ1) is 11.4. The second-order valence-electron chi connectivity index (χ2n) is 5.02. The van der Waals surface area contributed by atoms with E-state index in [9.17, 15) is 0 Å². The molecule has 0 bridgehead atoms. The maximum atomic E-state index is 6.00. The summed E-state index contributed by atoms with van der Waals surface area (Å²) in [6, 6.07) is 0.670. The molecule has 2 rings (SSSR count). The smallest absolute Gasteiger partial charge is 0.0697 e. The quantitative estimate of drug-likeness (QED) is 0.693. The Hall–Kier alpha value is -0.120. The van der Waals surface area contributed by atoms with E-state index in [2.05, 4.69) is 5.32 Å². The minimum atomic E-state index is 0.249. The third-order valence-electron chi connectivity index (χ3n) is 3.82. The monoisotopic (exact) mass is 212 g/mol. The van der Waals surface area contributed by atoms with Crippen LogP contribution >= 0.6 is 0 Å². The van der Waals surface area contributed by atoms with E-state index < -0.39 is 0 Å². The van der Waals surface area contributed by atoms with Crippen LogP contribution in [0.15, 0.2) is 0 Å². The molecule has 0 aromatic rings. The number of nitrogens with two attached hydrogens (primary N) is 1. The molecule has 1 aliphatic heterocycles. The molecule has 1 unspecified atom stereocenters. The van der Waals surface area contributed by atoms with Crippen molar-refractivity contribution in [2.75, 3.05) is 19.7 Å². The minimum Gasteiger partial charge on any atom is -0.375 e. The van der Waals surface area contributed by atoms with E-state index in [1.165, 1.54) is 38.5 Å². The van der Waals surface area contributed by atoms with Crippen LogP contribution in [-0.2, 0) is 4.74 Å². The van der Waals surface area contributed by atoms with Crippen molar-refractivity contribution in [1.29, 1.82) is 0 Å². The Kier molecular flexibility index (Phi) is 4.00. The SMILES string of the molecule is NCCCNC1CCOC2(CCCC2)C1. The first-order valence-electron chi connectivity index (χ1n) is 6.42. The summed E-state index contributed by atoms with van der Waals surface area (Å²) in [5.41, 5.74) is 5.74. The molecule has 2 aliphatic rings. The van der Waals surface area contributed by atoms with Gasteiger partial charge in [-0.3, -0.25) is 0 Å². The van der Waals surface area contributed by atoms with Crippen molar-refractivity contribution >= 4 is 0 Å². The van der Waals surface area contributed by atoms with E-state index in [1.807, 2.05) is 0 Å². The van der Waals surface area contributed by atoms with Crippen molar-refractivity contribution in [3.63, 3.8) is 0 Å². The molecule has 0 aromatic heterocycles. The van der Waals surface area contributed by atoms with Gasteiger partial charge in [0.1, 0.15) is 0 Å². The number of ether oxygens (including phenoxy) is 1. The fourth-order valence-corrected chi connectivity index (χ4v) is 2.98. The van der Waals surface area contributed by atoms with Gasteiger partial charge in [-0.25, -0.2) is 0 Å². The summed E-state index contributed by atoms with van der Waals surface area (Å²) in [5.74, 6) is 0. The van der Waals surface area contributed by atoms with Crippen LogP contribution in [0.2, 0.25) is 0 Å². The Morgan fingerprint density at radius 2 is 2.13 bits per heavy atom. The topological polar surface area (TPSA) is 47.3 Å². The Balaban J connectivity index is 1.76. The van der Waals surface area contributed by atoms with Gasteiger partial charge in [-0.1, -0.05) is 12.8 Å². The van der Waals surface area contributed by atoms with Crippen molar-refractivity contribution in [3.05, 3.63) is 0 Å². The lowest BCUT2D eigenvalue weighted by Crippen LogP contribution is -2.45. The van der Waals surface area contributed by atoms with Crippen LogP contribution in [0.25, 0.3) is 0 Å². The van der Waals surface area contributed by atoms with Crippen LogP contribution in [0.4, 0.5) is 0 Å². The Bertz CT molecular complexity index is 190. The minimum absolute atomic E-state index is 0.249. The number of rotatable bonds is 4. The summed E-state index contributed by atoms with van der Waals surface area (Å²) in [7, 11) is 0. The molecule has 2 fully saturated rings. The second kappa shape index (κ2) is 5.28. The predicted molar refractivity (Wildman–Crippen MR) is 61.8 cm³/mol. The van der Waals surface area contributed by atoms with E-state index in [0.29, 0.717) is 6.04 Å². The summed E-state index contributed by atoms with van der Waals surface area (Å²) in [6.45, 7) is 2.80. The number of nitrogens with one attached hydrogen (secondary N) is 1. The van der Waals surface area contributed by atoms with Gasteiger partial charge in [0.05, 0.1) is 5.60 Å². The fourth-order valence-electron chi connectivity index (χ4n) is 2.98. The lowest BCUT2D eigenvalue weighted by molar-refractivity contribution is -0.0835. The van der Waals surface area contributed by atoms with Gasteiger partial charge >= 0.3 is 0 Å². The van der Waals surface area contributed by atoms with E-state index in [0.717, 1.165) is 26.1 Å². The van der Waals surface area contributed by atoms with Crippen molar-refractivity contribution in [2.24, 2.45) is 5.73 Å². The molecule has 0 amide bonds. The van der Waals surface area contributed by atoms with E-state index >= 15 is 0 Å². The van der Waals surface area contributed by atoms with Crippen molar-refractivity contribution in [1.82, 2.24) is 5.32 Å². The highest BCUT2D eigenvalue weighted by Crippen LogP contribution is 2.39. The lowest BCUT2D eigenvalue weighted by atomic mass is 9.89. The zero-order valence-corrected chi connectivity index (χ0v) is 9.63. The Morgan fingerprint density at radius 1 is 1.33 bits per heavy atom. The second-order valence-corrected chi connectivity index (χ2v) is 5.02. The average Bonchev–Trinajstić information content (AvgIpc) is 2.67. The summed E-state index contributed by atoms with van der Waals surface area (Å²) in [5, 5.41) is 3.61. The zero-order chi connectivity index (χ0) is 10.6. The first-order valence-corrected chi connectivity index (χ1v) is 6.42. The summed E-state index contributed by atoms with van der Waals surface area (Å²) < 4.78 is 6.00. The van der Waals surface area contributed by atoms with Crippen molar-refractivity contribution in [2.45, 2.75) is 56.6 Å². The molecule has 15 heavy (non-hydrogen) atoms.